The molecule has 0 saturated carbocycles. The molecule has 174 valence electrons. The van der Waals surface area contributed by atoms with E-state index in [0.29, 0.717) is 17.1 Å². The van der Waals surface area contributed by atoms with Crippen LogP contribution in [-0.4, -0.2) is 59.4 Å². The minimum atomic E-state index is -0.124. The van der Waals surface area contributed by atoms with Gasteiger partial charge in [-0.3, -0.25) is 19.4 Å². The van der Waals surface area contributed by atoms with Crippen molar-refractivity contribution in [3.8, 4) is 22.9 Å². The van der Waals surface area contributed by atoms with E-state index >= 15 is 0 Å². The lowest BCUT2D eigenvalue weighted by atomic mass is 10.0. The Kier molecular flexibility index (Phi) is 7.41. The number of carbonyl (C=O) groups is 1. The number of hydrogen-bond acceptors (Lipinski definition) is 6. The van der Waals surface area contributed by atoms with Crippen LogP contribution in [-0.2, 0) is 11.3 Å². The Balaban J connectivity index is 1.49. The highest BCUT2D eigenvalue weighted by molar-refractivity contribution is 7.71. The molecule has 2 heterocycles. The van der Waals surface area contributed by atoms with Crippen LogP contribution in [0.1, 0.15) is 24.4 Å². The minimum absolute atomic E-state index is 0.0472. The van der Waals surface area contributed by atoms with Crippen molar-refractivity contribution >= 4 is 18.1 Å². The summed E-state index contributed by atoms with van der Waals surface area (Å²) in [4.78, 5) is 15.4. The molecule has 1 aliphatic heterocycles. The highest BCUT2D eigenvalue weighted by Crippen LogP contribution is 2.31. The number of nitrogens with zero attached hydrogens (tertiary/aromatic N) is 3. The van der Waals surface area contributed by atoms with Crippen LogP contribution in [0.3, 0.4) is 0 Å². The second kappa shape index (κ2) is 10.6. The van der Waals surface area contributed by atoms with Crippen LogP contribution in [0.2, 0.25) is 0 Å². The summed E-state index contributed by atoms with van der Waals surface area (Å²) in [6.07, 6.45) is 2.32. The third-order valence-electron chi connectivity index (χ3n) is 5.98. The van der Waals surface area contributed by atoms with Crippen molar-refractivity contribution in [2.45, 2.75) is 25.4 Å². The van der Waals surface area contributed by atoms with Gasteiger partial charge in [0.05, 0.1) is 20.3 Å². The van der Waals surface area contributed by atoms with E-state index in [0.717, 1.165) is 48.6 Å². The van der Waals surface area contributed by atoms with Gasteiger partial charge in [-0.05, 0) is 68.5 Å². The second-order valence-corrected chi connectivity index (χ2v) is 8.36. The lowest BCUT2D eigenvalue weighted by Gasteiger charge is -2.29. The molecule has 1 atom stereocenters. The molecular weight excluding hydrogens is 438 g/mol. The van der Waals surface area contributed by atoms with Gasteiger partial charge < -0.3 is 14.8 Å². The van der Waals surface area contributed by atoms with Crippen molar-refractivity contribution in [3.05, 3.63) is 58.9 Å². The van der Waals surface area contributed by atoms with Crippen LogP contribution >= 0.6 is 12.2 Å². The standard InChI is InChI=1S/C24H29N5O3S/c1-31-18-11-9-17(10-12-18)23-26-27-24(33)29(23)16-22(30)25-15-20(28-13-5-6-14-28)19-7-3-4-8-21(19)32-2/h3-4,7-12,20H,5-6,13-16H2,1-2H3,(H,25,30)(H,27,33). The fourth-order valence-electron chi connectivity index (χ4n) is 4.27. The molecule has 0 aliphatic carbocycles. The number of carbonyl (C=O) groups excluding carboxylic acids is 1. The summed E-state index contributed by atoms with van der Waals surface area (Å²) in [5.74, 6) is 2.07. The van der Waals surface area contributed by atoms with E-state index < -0.39 is 0 Å². The number of nitrogens with one attached hydrogen (secondary N) is 2. The first kappa shape index (κ1) is 23.0. The molecule has 9 heteroatoms. The maximum atomic E-state index is 13.0. The molecular formula is C24H29N5O3S. The van der Waals surface area contributed by atoms with Crippen LogP contribution in [0.4, 0.5) is 0 Å². The molecule has 0 spiro atoms. The smallest absolute Gasteiger partial charge is 0.240 e. The molecule has 0 bridgehead atoms. The van der Waals surface area contributed by atoms with Crippen LogP contribution < -0.4 is 14.8 Å². The summed E-state index contributed by atoms with van der Waals surface area (Å²) in [6.45, 7) is 2.58. The Morgan fingerprint density at radius 3 is 2.55 bits per heavy atom. The maximum absolute atomic E-state index is 13.0. The number of methoxy groups -OCH3 is 2. The Labute approximate surface area is 198 Å². The molecule has 1 saturated heterocycles. The average molecular weight is 468 g/mol. The molecule has 2 N–H and O–H groups in total. The van der Waals surface area contributed by atoms with E-state index in [2.05, 4.69) is 26.5 Å². The number of aromatic nitrogens is 3. The summed E-state index contributed by atoms with van der Waals surface area (Å²) in [5, 5.41) is 10.2. The summed E-state index contributed by atoms with van der Waals surface area (Å²) in [5.41, 5.74) is 1.93. The van der Waals surface area contributed by atoms with Gasteiger partial charge in [-0.1, -0.05) is 18.2 Å². The second-order valence-electron chi connectivity index (χ2n) is 7.97. The Hall–Kier alpha value is -3.17. The molecule has 4 rings (SSSR count). The lowest BCUT2D eigenvalue weighted by Crippen LogP contribution is -2.38. The molecule has 33 heavy (non-hydrogen) atoms. The zero-order valence-corrected chi connectivity index (χ0v) is 19.7. The van der Waals surface area contributed by atoms with E-state index in [1.807, 2.05) is 42.5 Å². The van der Waals surface area contributed by atoms with Gasteiger partial charge >= 0.3 is 0 Å². The van der Waals surface area contributed by atoms with Gasteiger partial charge in [0.2, 0.25) is 5.91 Å². The number of hydrogen-bond donors (Lipinski definition) is 2. The van der Waals surface area contributed by atoms with Crippen LogP contribution in [0.25, 0.3) is 11.4 Å². The van der Waals surface area contributed by atoms with E-state index in [4.69, 9.17) is 21.7 Å². The first-order valence-corrected chi connectivity index (χ1v) is 11.4. The predicted octanol–water partition coefficient (Wildman–Crippen LogP) is 3.58. The molecule has 1 fully saturated rings. The van der Waals surface area contributed by atoms with Gasteiger partial charge in [0.15, 0.2) is 10.6 Å². The van der Waals surface area contributed by atoms with Gasteiger partial charge in [0.1, 0.15) is 18.0 Å². The number of benzene rings is 2. The number of H-pyrrole nitrogens is 1. The highest BCUT2D eigenvalue weighted by atomic mass is 32.1. The number of para-hydroxylation sites is 1. The molecule has 0 radical (unpaired) electrons. The van der Waals surface area contributed by atoms with Crippen LogP contribution in [0, 0.1) is 4.77 Å². The average Bonchev–Trinajstić information content (AvgIpc) is 3.50. The van der Waals surface area contributed by atoms with Gasteiger partial charge in [0.25, 0.3) is 0 Å². The van der Waals surface area contributed by atoms with Crippen molar-refractivity contribution in [2.24, 2.45) is 0 Å². The number of rotatable bonds is 9. The fourth-order valence-corrected chi connectivity index (χ4v) is 4.46. The van der Waals surface area contributed by atoms with Crippen LogP contribution in [0.5, 0.6) is 11.5 Å². The zero-order chi connectivity index (χ0) is 23.2. The number of amides is 1. The van der Waals surface area contributed by atoms with E-state index in [-0.39, 0.29) is 18.5 Å². The molecule has 3 aromatic rings. The Bertz CT molecular complexity index is 1140. The molecule has 1 unspecified atom stereocenters. The molecule has 2 aromatic carbocycles. The van der Waals surface area contributed by atoms with Crippen molar-refractivity contribution < 1.29 is 14.3 Å². The topological polar surface area (TPSA) is 84.4 Å². The summed E-state index contributed by atoms with van der Waals surface area (Å²) in [7, 11) is 3.30. The molecule has 1 aromatic heterocycles. The van der Waals surface area contributed by atoms with E-state index in [1.165, 1.54) is 0 Å². The van der Waals surface area contributed by atoms with E-state index in [9.17, 15) is 4.79 Å². The van der Waals surface area contributed by atoms with Gasteiger partial charge in [0, 0.05) is 17.7 Å². The fraction of sp³-hybridized carbons (Fsp3) is 0.375. The summed E-state index contributed by atoms with van der Waals surface area (Å²) < 4.78 is 12.9. The van der Waals surface area contributed by atoms with Crippen molar-refractivity contribution in [2.75, 3.05) is 33.9 Å². The minimum Gasteiger partial charge on any atom is -0.497 e. The highest BCUT2D eigenvalue weighted by Gasteiger charge is 2.26. The quantitative estimate of drug-likeness (QED) is 0.468. The third-order valence-corrected chi connectivity index (χ3v) is 6.29. The summed E-state index contributed by atoms with van der Waals surface area (Å²) >= 11 is 5.39. The number of ether oxygens (including phenoxy) is 2. The largest absolute Gasteiger partial charge is 0.497 e. The summed E-state index contributed by atoms with van der Waals surface area (Å²) in [6, 6.07) is 15.5. The molecule has 1 aliphatic rings. The van der Waals surface area contributed by atoms with Crippen LogP contribution in [0.15, 0.2) is 48.5 Å². The van der Waals surface area contributed by atoms with E-state index in [1.54, 1.807) is 18.8 Å². The van der Waals surface area contributed by atoms with Gasteiger partial charge in [-0.25, -0.2) is 0 Å². The zero-order valence-electron chi connectivity index (χ0n) is 18.9. The normalized spacial score (nSPS) is 14.7. The van der Waals surface area contributed by atoms with Gasteiger partial charge in [-0.15, -0.1) is 0 Å². The number of aromatic amines is 1. The Morgan fingerprint density at radius 2 is 1.85 bits per heavy atom. The predicted molar refractivity (Wildman–Crippen MR) is 129 cm³/mol. The third kappa shape index (κ3) is 5.26. The first-order chi connectivity index (χ1) is 16.1. The SMILES string of the molecule is COc1ccc(-c2n[nH]c(=S)n2CC(=O)NCC(c2ccccc2OC)N2CCCC2)cc1. The monoisotopic (exact) mass is 467 g/mol. The lowest BCUT2D eigenvalue weighted by molar-refractivity contribution is -0.121. The first-order valence-electron chi connectivity index (χ1n) is 11.0. The maximum Gasteiger partial charge on any atom is 0.240 e. The van der Waals surface area contributed by atoms with Crippen molar-refractivity contribution in [1.82, 2.24) is 25.0 Å². The van der Waals surface area contributed by atoms with Crippen molar-refractivity contribution in [3.63, 3.8) is 0 Å². The van der Waals surface area contributed by atoms with Crippen molar-refractivity contribution in [1.29, 1.82) is 0 Å². The van der Waals surface area contributed by atoms with Gasteiger partial charge in [-0.2, -0.15) is 5.10 Å². The molecule has 1 amide bonds. The number of likely N-dealkylation sites (tertiary alicyclic amines) is 1. The molecule has 8 nitrogen and oxygen atoms in total. The Morgan fingerprint density at radius 1 is 1.12 bits per heavy atom.